The summed E-state index contributed by atoms with van der Waals surface area (Å²) >= 11 is 5.82. The average Bonchev–Trinajstić information content (AvgIpc) is 2.27. The van der Waals surface area contributed by atoms with Crippen LogP contribution in [0.15, 0.2) is 34.3 Å². The number of primary sulfonamides is 1. The molecule has 1 rings (SSSR count). The van der Waals surface area contributed by atoms with E-state index < -0.39 is 10.0 Å². The molecule has 1 aromatic carbocycles. The van der Waals surface area contributed by atoms with Crippen molar-refractivity contribution < 1.29 is 8.42 Å². The number of nitrogens with two attached hydrogens (primary N) is 1. The molecule has 18 heavy (non-hydrogen) atoms. The molecule has 0 aliphatic carbocycles. The summed E-state index contributed by atoms with van der Waals surface area (Å²) in [6.45, 7) is 0.371. The molecule has 8 heteroatoms. The molecule has 0 spiro atoms. The Bertz CT molecular complexity index is 606. The third-order valence-corrected chi connectivity index (χ3v) is 3.43. The second kappa shape index (κ2) is 6.42. The molecule has 0 aliphatic heterocycles. The molecule has 0 radical (unpaired) electrons. The summed E-state index contributed by atoms with van der Waals surface area (Å²) in [4.78, 5) is 2.52. The molecular formula is C10H11ClN4O2S. The lowest BCUT2D eigenvalue weighted by Gasteiger charge is -2.02. The number of sulfonamides is 1. The molecule has 0 heterocycles. The van der Waals surface area contributed by atoms with E-state index in [1.54, 1.807) is 18.2 Å². The lowest BCUT2D eigenvalue weighted by atomic mass is 10.2. The summed E-state index contributed by atoms with van der Waals surface area (Å²) in [6, 6.07) is 4.45. The molecule has 0 saturated carbocycles. The molecule has 0 aliphatic rings. The van der Waals surface area contributed by atoms with Crippen LogP contribution in [0, 0.1) is 0 Å². The fourth-order valence-electron chi connectivity index (χ4n) is 1.25. The van der Waals surface area contributed by atoms with Gasteiger partial charge in [-0.05, 0) is 29.6 Å². The highest BCUT2D eigenvalue weighted by Gasteiger charge is 2.12. The Morgan fingerprint density at radius 1 is 1.50 bits per heavy atom. The highest BCUT2D eigenvalue weighted by Crippen LogP contribution is 2.22. The van der Waals surface area contributed by atoms with Crippen LogP contribution in [-0.4, -0.2) is 15.0 Å². The number of rotatable bonds is 5. The summed E-state index contributed by atoms with van der Waals surface area (Å²) in [5.74, 6) is 0. The molecule has 1 aromatic rings. The first kappa shape index (κ1) is 14.5. The van der Waals surface area contributed by atoms with Crippen molar-refractivity contribution in [3.63, 3.8) is 0 Å². The Kier molecular flexibility index (Phi) is 5.18. The SMILES string of the molecule is [N-]=[N+]=NCCC=Cc1ccc(S(N)(=O)=O)c(Cl)c1. The van der Waals surface area contributed by atoms with E-state index in [-0.39, 0.29) is 9.92 Å². The molecule has 0 saturated heterocycles. The van der Waals surface area contributed by atoms with Crippen LogP contribution >= 0.6 is 11.6 Å². The van der Waals surface area contributed by atoms with Crippen molar-refractivity contribution in [2.45, 2.75) is 11.3 Å². The average molecular weight is 287 g/mol. The summed E-state index contributed by atoms with van der Waals surface area (Å²) < 4.78 is 22.3. The van der Waals surface area contributed by atoms with E-state index in [0.29, 0.717) is 13.0 Å². The summed E-state index contributed by atoms with van der Waals surface area (Å²) in [5.41, 5.74) is 8.82. The molecule has 0 unspecified atom stereocenters. The van der Waals surface area contributed by atoms with Gasteiger partial charge in [-0.15, -0.1) is 0 Å². The van der Waals surface area contributed by atoms with Crippen LogP contribution in [-0.2, 0) is 10.0 Å². The van der Waals surface area contributed by atoms with Gasteiger partial charge in [-0.3, -0.25) is 0 Å². The molecule has 2 N–H and O–H groups in total. The smallest absolute Gasteiger partial charge is 0.225 e. The number of nitrogens with zero attached hydrogens (tertiary/aromatic N) is 3. The first-order valence-corrected chi connectivity index (χ1v) is 6.87. The fraction of sp³-hybridized carbons (Fsp3) is 0.200. The number of benzene rings is 1. The normalized spacial score (nSPS) is 11.4. The predicted octanol–water partition coefficient (Wildman–Crippen LogP) is 2.70. The second-order valence-corrected chi connectivity index (χ2v) is 5.32. The standard InChI is InChI=1S/C10H11ClN4O2S/c11-9-7-8(3-1-2-6-14-15-12)4-5-10(9)18(13,16)17/h1,3-5,7H,2,6H2,(H2,13,16,17). The zero-order valence-corrected chi connectivity index (χ0v) is 10.9. The van der Waals surface area contributed by atoms with Crippen LogP contribution in [0.5, 0.6) is 0 Å². The fourth-order valence-corrected chi connectivity index (χ4v) is 2.35. The van der Waals surface area contributed by atoms with Crippen LogP contribution in [0.2, 0.25) is 5.02 Å². The molecule has 0 aromatic heterocycles. The van der Waals surface area contributed by atoms with Crippen LogP contribution in [0.1, 0.15) is 12.0 Å². The maximum Gasteiger partial charge on any atom is 0.239 e. The molecule has 0 fully saturated rings. The minimum atomic E-state index is -3.79. The lowest BCUT2D eigenvalue weighted by molar-refractivity contribution is 0.598. The lowest BCUT2D eigenvalue weighted by Crippen LogP contribution is -2.12. The Morgan fingerprint density at radius 2 is 2.22 bits per heavy atom. The van der Waals surface area contributed by atoms with Gasteiger partial charge in [0.2, 0.25) is 10.0 Å². The van der Waals surface area contributed by atoms with E-state index >= 15 is 0 Å². The van der Waals surface area contributed by atoms with E-state index in [2.05, 4.69) is 10.0 Å². The van der Waals surface area contributed by atoms with E-state index in [4.69, 9.17) is 22.3 Å². The third-order valence-electron chi connectivity index (χ3n) is 2.03. The van der Waals surface area contributed by atoms with Crippen molar-refractivity contribution in [1.29, 1.82) is 0 Å². The first-order valence-electron chi connectivity index (χ1n) is 4.95. The van der Waals surface area contributed by atoms with E-state index in [1.807, 2.05) is 0 Å². The van der Waals surface area contributed by atoms with Crippen LogP contribution in [0.25, 0.3) is 16.5 Å². The van der Waals surface area contributed by atoms with Crippen LogP contribution in [0.3, 0.4) is 0 Å². The number of halogens is 1. The van der Waals surface area contributed by atoms with E-state index in [0.717, 1.165) is 5.56 Å². The molecule has 0 amide bonds. The molecule has 0 atom stereocenters. The maximum atomic E-state index is 11.1. The Labute approximate surface area is 110 Å². The highest BCUT2D eigenvalue weighted by atomic mass is 35.5. The van der Waals surface area contributed by atoms with Crippen molar-refractivity contribution in [2.75, 3.05) is 6.54 Å². The van der Waals surface area contributed by atoms with Gasteiger partial charge in [0.1, 0.15) is 4.90 Å². The quantitative estimate of drug-likeness (QED) is 0.388. The minimum absolute atomic E-state index is 0.0784. The maximum absolute atomic E-state index is 11.1. The number of hydrogen-bond acceptors (Lipinski definition) is 3. The Hall–Kier alpha value is -1.53. The van der Waals surface area contributed by atoms with Gasteiger partial charge in [-0.25, -0.2) is 13.6 Å². The monoisotopic (exact) mass is 286 g/mol. The predicted molar refractivity (Wildman–Crippen MR) is 70.5 cm³/mol. The minimum Gasteiger partial charge on any atom is -0.225 e. The van der Waals surface area contributed by atoms with Gasteiger partial charge < -0.3 is 0 Å². The van der Waals surface area contributed by atoms with Gasteiger partial charge in [0.25, 0.3) is 0 Å². The van der Waals surface area contributed by atoms with Crippen molar-refractivity contribution in [2.24, 2.45) is 10.3 Å². The van der Waals surface area contributed by atoms with Crippen molar-refractivity contribution in [3.8, 4) is 0 Å². The van der Waals surface area contributed by atoms with Gasteiger partial charge >= 0.3 is 0 Å². The van der Waals surface area contributed by atoms with Crippen molar-refractivity contribution >= 4 is 27.7 Å². The van der Waals surface area contributed by atoms with Crippen LogP contribution in [0.4, 0.5) is 0 Å². The van der Waals surface area contributed by atoms with Gasteiger partial charge in [0.15, 0.2) is 0 Å². The summed E-state index contributed by atoms with van der Waals surface area (Å²) in [6.07, 6.45) is 4.15. The topological polar surface area (TPSA) is 109 Å². The largest absolute Gasteiger partial charge is 0.239 e. The molecule has 6 nitrogen and oxygen atoms in total. The van der Waals surface area contributed by atoms with E-state index in [9.17, 15) is 8.42 Å². The summed E-state index contributed by atoms with van der Waals surface area (Å²) in [7, 11) is -3.79. The van der Waals surface area contributed by atoms with Gasteiger partial charge in [0.05, 0.1) is 5.02 Å². The van der Waals surface area contributed by atoms with Gasteiger partial charge in [-0.1, -0.05) is 34.9 Å². The number of azide groups is 1. The number of hydrogen-bond donors (Lipinski definition) is 1. The van der Waals surface area contributed by atoms with Gasteiger partial charge in [-0.2, -0.15) is 0 Å². The van der Waals surface area contributed by atoms with Crippen LogP contribution < -0.4 is 5.14 Å². The first-order chi connectivity index (χ1) is 8.45. The third kappa shape index (κ3) is 4.38. The molecule has 0 bridgehead atoms. The van der Waals surface area contributed by atoms with Crippen molar-refractivity contribution in [3.05, 3.63) is 45.3 Å². The van der Waals surface area contributed by atoms with Gasteiger partial charge in [0, 0.05) is 11.5 Å². The Balaban J connectivity index is 2.82. The zero-order chi connectivity index (χ0) is 13.6. The van der Waals surface area contributed by atoms with Crippen molar-refractivity contribution in [1.82, 2.24) is 0 Å². The molecular weight excluding hydrogens is 276 g/mol. The summed E-state index contributed by atoms with van der Waals surface area (Å²) in [5, 5.41) is 8.44. The Morgan fingerprint density at radius 3 is 2.78 bits per heavy atom. The molecule has 96 valence electrons. The second-order valence-electron chi connectivity index (χ2n) is 3.38. The zero-order valence-electron chi connectivity index (χ0n) is 9.32. The van der Waals surface area contributed by atoms with E-state index in [1.165, 1.54) is 12.1 Å². The highest BCUT2D eigenvalue weighted by molar-refractivity contribution is 7.89.